The van der Waals surface area contributed by atoms with Crippen molar-refractivity contribution in [1.29, 1.82) is 5.26 Å². The fourth-order valence-corrected chi connectivity index (χ4v) is 4.67. The number of rotatable bonds is 5. The number of allylic oxidation sites excluding steroid dienone is 1. The summed E-state index contributed by atoms with van der Waals surface area (Å²) in [4.78, 5) is 6.21. The first-order chi connectivity index (χ1) is 13.3. The van der Waals surface area contributed by atoms with E-state index in [4.69, 9.17) is 5.26 Å². The van der Waals surface area contributed by atoms with Crippen LogP contribution in [0.3, 0.4) is 0 Å². The van der Waals surface area contributed by atoms with E-state index in [9.17, 15) is 0 Å². The van der Waals surface area contributed by atoms with E-state index in [1.165, 1.54) is 21.3 Å². The summed E-state index contributed by atoms with van der Waals surface area (Å²) in [6.45, 7) is 5.47. The molecule has 0 radical (unpaired) electrons. The molecule has 1 fully saturated rings. The second kappa shape index (κ2) is 8.39. The number of hydrogen-bond donors (Lipinski definition) is 0. The highest BCUT2D eigenvalue weighted by molar-refractivity contribution is 7.19. The lowest BCUT2D eigenvalue weighted by Crippen LogP contribution is -2.47. The number of benzene rings is 2. The Bertz CT molecular complexity index is 960. The van der Waals surface area contributed by atoms with Crippen molar-refractivity contribution in [3.8, 4) is 6.07 Å². The zero-order valence-electron chi connectivity index (χ0n) is 15.3. The number of anilines is 1. The molecule has 136 valence electrons. The van der Waals surface area contributed by atoms with Crippen LogP contribution in [0.2, 0.25) is 0 Å². The Kier molecular flexibility index (Phi) is 5.53. The van der Waals surface area contributed by atoms with Crippen LogP contribution in [0.4, 0.5) is 5.69 Å². The monoisotopic (exact) mass is 373 g/mol. The highest BCUT2D eigenvalue weighted by Crippen LogP contribution is 2.34. The maximum atomic E-state index is 8.76. The summed E-state index contributed by atoms with van der Waals surface area (Å²) < 4.78 is 1.29. The minimum atomic E-state index is 1.06. The third-order valence-electron chi connectivity index (χ3n) is 5.15. The van der Waals surface area contributed by atoms with Gasteiger partial charge in [0.2, 0.25) is 0 Å². The van der Waals surface area contributed by atoms with E-state index in [1.807, 2.05) is 6.08 Å². The molecule has 1 saturated heterocycles. The maximum absolute atomic E-state index is 8.76. The van der Waals surface area contributed by atoms with Gasteiger partial charge in [-0.2, -0.15) is 5.26 Å². The molecule has 2 aromatic carbocycles. The minimum absolute atomic E-state index is 1.06. The lowest BCUT2D eigenvalue weighted by molar-refractivity contribution is 0.261. The topological polar surface area (TPSA) is 30.3 Å². The summed E-state index contributed by atoms with van der Waals surface area (Å²) in [6, 6.07) is 21.6. The van der Waals surface area contributed by atoms with Crippen molar-refractivity contribution in [1.82, 2.24) is 4.90 Å². The Morgan fingerprint density at radius 1 is 1.00 bits per heavy atom. The summed E-state index contributed by atoms with van der Waals surface area (Å²) in [5.41, 5.74) is 2.74. The first-order valence-corrected chi connectivity index (χ1v) is 10.2. The molecule has 0 bridgehead atoms. The Morgan fingerprint density at radius 2 is 1.81 bits per heavy atom. The second-order valence-corrected chi connectivity index (χ2v) is 7.98. The summed E-state index contributed by atoms with van der Waals surface area (Å²) in [5.74, 6) is 0. The molecular weight excluding hydrogens is 350 g/mol. The van der Waals surface area contributed by atoms with E-state index in [2.05, 4.69) is 70.5 Å². The largest absolute Gasteiger partial charge is 0.368 e. The number of thiophene rings is 1. The average molecular weight is 374 g/mol. The van der Waals surface area contributed by atoms with Crippen molar-refractivity contribution in [2.24, 2.45) is 0 Å². The molecule has 3 nitrogen and oxygen atoms in total. The van der Waals surface area contributed by atoms with Gasteiger partial charge in [0.1, 0.15) is 0 Å². The molecule has 4 heteroatoms. The van der Waals surface area contributed by atoms with Crippen LogP contribution in [-0.4, -0.2) is 37.6 Å². The third-order valence-corrected chi connectivity index (χ3v) is 6.22. The second-order valence-electron chi connectivity index (χ2n) is 6.86. The molecule has 4 rings (SSSR count). The summed E-state index contributed by atoms with van der Waals surface area (Å²) in [5, 5.41) is 10.1. The Balaban J connectivity index is 1.41. The number of nitrogens with zero attached hydrogens (tertiary/aromatic N) is 3. The van der Waals surface area contributed by atoms with E-state index in [0.29, 0.717) is 0 Å². The minimum Gasteiger partial charge on any atom is -0.368 e. The molecule has 0 atom stereocenters. The van der Waals surface area contributed by atoms with Gasteiger partial charge in [0.05, 0.1) is 6.07 Å². The van der Waals surface area contributed by atoms with Crippen LogP contribution in [0.1, 0.15) is 10.4 Å². The highest BCUT2D eigenvalue weighted by atomic mass is 32.1. The van der Waals surface area contributed by atoms with Crippen LogP contribution in [0.5, 0.6) is 0 Å². The van der Waals surface area contributed by atoms with Crippen LogP contribution in [0.25, 0.3) is 16.2 Å². The zero-order chi connectivity index (χ0) is 18.5. The molecule has 1 aromatic heterocycles. The fraction of sp³-hybridized carbons (Fsp3) is 0.261. The SMILES string of the molecule is N#CC=Cc1cc2c(N3CCN(CCc4ccccc4)CC3)cccc2s1. The summed E-state index contributed by atoms with van der Waals surface area (Å²) in [6.07, 6.45) is 4.57. The van der Waals surface area contributed by atoms with Gasteiger partial charge in [0, 0.05) is 59.5 Å². The smallest absolute Gasteiger partial charge is 0.0912 e. The first kappa shape index (κ1) is 17.8. The van der Waals surface area contributed by atoms with E-state index in [-0.39, 0.29) is 0 Å². The number of nitriles is 1. The van der Waals surface area contributed by atoms with E-state index in [0.717, 1.165) is 44.0 Å². The lowest BCUT2D eigenvalue weighted by atomic mass is 10.1. The van der Waals surface area contributed by atoms with Gasteiger partial charge >= 0.3 is 0 Å². The van der Waals surface area contributed by atoms with Crippen molar-refractivity contribution in [2.45, 2.75) is 6.42 Å². The lowest BCUT2D eigenvalue weighted by Gasteiger charge is -2.36. The van der Waals surface area contributed by atoms with Gasteiger partial charge < -0.3 is 4.90 Å². The molecule has 0 amide bonds. The Hall–Kier alpha value is -2.61. The quantitative estimate of drug-likeness (QED) is 0.602. The van der Waals surface area contributed by atoms with Crippen molar-refractivity contribution in [3.63, 3.8) is 0 Å². The molecule has 0 aliphatic carbocycles. The van der Waals surface area contributed by atoms with Crippen LogP contribution >= 0.6 is 11.3 Å². The maximum Gasteiger partial charge on any atom is 0.0912 e. The average Bonchev–Trinajstić information content (AvgIpc) is 3.15. The highest BCUT2D eigenvalue weighted by Gasteiger charge is 2.19. The normalized spacial score (nSPS) is 15.4. The molecule has 0 spiro atoms. The molecule has 0 saturated carbocycles. The predicted octanol–water partition coefficient (Wildman–Crippen LogP) is 4.80. The van der Waals surface area contributed by atoms with Crippen LogP contribution in [0.15, 0.2) is 60.7 Å². The van der Waals surface area contributed by atoms with Crippen LogP contribution in [-0.2, 0) is 6.42 Å². The standard InChI is InChI=1S/C23H23N3S/c24-12-5-8-20-18-21-22(9-4-10-23(21)27-20)26-16-14-25(15-17-26)13-11-19-6-2-1-3-7-19/h1-10,18H,11,13-17H2. The summed E-state index contributed by atoms with van der Waals surface area (Å²) >= 11 is 1.75. The molecule has 0 unspecified atom stereocenters. The van der Waals surface area contributed by atoms with Gasteiger partial charge in [-0.1, -0.05) is 36.4 Å². The zero-order valence-corrected chi connectivity index (χ0v) is 16.2. The van der Waals surface area contributed by atoms with Gasteiger partial charge in [-0.3, -0.25) is 4.90 Å². The van der Waals surface area contributed by atoms with Gasteiger partial charge in [-0.05, 0) is 36.3 Å². The van der Waals surface area contributed by atoms with Gasteiger partial charge in [-0.15, -0.1) is 11.3 Å². The van der Waals surface area contributed by atoms with Crippen LogP contribution < -0.4 is 4.90 Å². The number of piperazine rings is 1. The predicted molar refractivity (Wildman–Crippen MR) is 115 cm³/mol. The molecule has 0 N–H and O–H groups in total. The van der Waals surface area contributed by atoms with Crippen molar-refractivity contribution >= 4 is 33.2 Å². The van der Waals surface area contributed by atoms with Crippen LogP contribution in [0, 0.1) is 11.3 Å². The van der Waals surface area contributed by atoms with Crippen molar-refractivity contribution in [3.05, 3.63) is 71.1 Å². The van der Waals surface area contributed by atoms with E-state index < -0.39 is 0 Å². The Morgan fingerprint density at radius 3 is 2.59 bits per heavy atom. The molecule has 3 aromatic rings. The summed E-state index contributed by atoms with van der Waals surface area (Å²) in [7, 11) is 0. The van der Waals surface area contributed by atoms with Crippen molar-refractivity contribution in [2.75, 3.05) is 37.6 Å². The molecule has 1 aliphatic rings. The Labute approximate surface area is 164 Å². The molecule has 27 heavy (non-hydrogen) atoms. The number of fused-ring (bicyclic) bond motifs is 1. The van der Waals surface area contributed by atoms with Gasteiger partial charge in [0.15, 0.2) is 0 Å². The number of hydrogen-bond acceptors (Lipinski definition) is 4. The first-order valence-electron chi connectivity index (χ1n) is 9.43. The molecular formula is C23H23N3S. The van der Waals surface area contributed by atoms with E-state index >= 15 is 0 Å². The molecule has 2 heterocycles. The third kappa shape index (κ3) is 4.21. The fourth-order valence-electron chi connectivity index (χ4n) is 3.69. The van der Waals surface area contributed by atoms with Gasteiger partial charge in [-0.25, -0.2) is 0 Å². The molecule has 1 aliphatic heterocycles. The van der Waals surface area contributed by atoms with Crippen molar-refractivity contribution < 1.29 is 0 Å². The van der Waals surface area contributed by atoms with Gasteiger partial charge in [0.25, 0.3) is 0 Å². The van der Waals surface area contributed by atoms with E-state index in [1.54, 1.807) is 17.4 Å².